The van der Waals surface area contributed by atoms with Crippen LogP contribution in [0, 0.1) is 0 Å². The van der Waals surface area contributed by atoms with E-state index in [1.807, 2.05) is 24.4 Å². The predicted molar refractivity (Wildman–Crippen MR) is 97.3 cm³/mol. The van der Waals surface area contributed by atoms with Crippen molar-refractivity contribution in [3.05, 3.63) is 24.4 Å². The quantitative estimate of drug-likeness (QED) is 0.613. The summed E-state index contributed by atoms with van der Waals surface area (Å²) >= 11 is 0. The second-order valence-corrected chi connectivity index (χ2v) is 6.52. The lowest BCUT2D eigenvalue weighted by molar-refractivity contribution is -0.127. The van der Waals surface area contributed by atoms with E-state index in [0.717, 1.165) is 25.3 Å². The molecule has 1 unspecified atom stereocenters. The standard InChI is InChI=1S/C17H28N6O/c1-13(2)20-17(19-11-16(24)22(3)4)21-14-8-10-23(12-14)15-7-5-6-9-18-15/h5-7,9,13-14H,8,10-12H2,1-4H3,(H2,19,20,21). The highest BCUT2D eigenvalue weighted by atomic mass is 16.2. The minimum Gasteiger partial charge on any atom is -0.354 e. The van der Waals surface area contributed by atoms with Gasteiger partial charge in [-0.05, 0) is 32.4 Å². The van der Waals surface area contributed by atoms with Crippen LogP contribution in [0.1, 0.15) is 20.3 Å². The Labute approximate surface area is 144 Å². The lowest BCUT2D eigenvalue weighted by Gasteiger charge is -2.21. The lowest BCUT2D eigenvalue weighted by atomic mass is 10.3. The third-order valence-corrected chi connectivity index (χ3v) is 3.80. The predicted octanol–water partition coefficient (Wildman–Crippen LogP) is 0.692. The highest BCUT2D eigenvalue weighted by Gasteiger charge is 2.24. The fraction of sp³-hybridized carbons (Fsp3) is 0.588. The Balaban J connectivity index is 1.94. The molecule has 132 valence electrons. The van der Waals surface area contributed by atoms with Gasteiger partial charge < -0.3 is 20.4 Å². The number of likely N-dealkylation sites (N-methyl/N-ethyl adjacent to an activating group) is 1. The summed E-state index contributed by atoms with van der Waals surface area (Å²) in [6.45, 7) is 6.09. The second kappa shape index (κ2) is 8.52. The molecule has 0 saturated carbocycles. The zero-order chi connectivity index (χ0) is 17.5. The SMILES string of the molecule is CC(C)NC(=NCC(=O)N(C)C)NC1CCN(c2ccccn2)C1. The highest BCUT2D eigenvalue weighted by Crippen LogP contribution is 2.17. The maximum absolute atomic E-state index is 11.8. The van der Waals surface area contributed by atoms with E-state index in [-0.39, 0.29) is 24.5 Å². The maximum Gasteiger partial charge on any atom is 0.243 e. The molecule has 7 nitrogen and oxygen atoms in total. The molecule has 1 atom stereocenters. The van der Waals surface area contributed by atoms with Gasteiger partial charge in [0.25, 0.3) is 0 Å². The molecule has 2 rings (SSSR count). The number of amides is 1. The Hall–Kier alpha value is -2.31. The average Bonchev–Trinajstić information content (AvgIpc) is 3.01. The number of nitrogens with zero attached hydrogens (tertiary/aromatic N) is 4. The van der Waals surface area contributed by atoms with E-state index in [9.17, 15) is 4.79 Å². The lowest BCUT2D eigenvalue weighted by Crippen LogP contribution is -2.47. The minimum absolute atomic E-state index is 0.0126. The van der Waals surface area contributed by atoms with Gasteiger partial charge in [-0.25, -0.2) is 9.98 Å². The van der Waals surface area contributed by atoms with Crippen LogP contribution in [-0.4, -0.2) is 67.6 Å². The van der Waals surface area contributed by atoms with Crippen molar-refractivity contribution < 1.29 is 4.79 Å². The molecular formula is C17H28N6O. The molecular weight excluding hydrogens is 304 g/mol. The highest BCUT2D eigenvalue weighted by molar-refractivity contribution is 5.85. The van der Waals surface area contributed by atoms with Crippen LogP contribution >= 0.6 is 0 Å². The number of rotatable bonds is 5. The fourth-order valence-electron chi connectivity index (χ4n) is 2.51. The van der Waals surface area contributed by atoms with Gasteiger partial charge in [0, 0.05) is 45.5 Å². The summed E-state index contributed by atoms with van der Waals surface area (Å²) in [5.74, 6) is 1.68. The number of hydrogen-bond acceptors (Lipinski definition) is 4. The molecule has 1 saturated heterocycles. The first kappa shape index (κ1) is 18.0. The van der Waals surface area contributed by atoms with Gasteiger partial charge in [0.2, 0.25) is 5.91 Å². The van der Waals surface area contributed by atoms with Gasteiger partial charge in [0.1, 0.15) is 12.4 Å². The summed E-state index contributed by atoms with van der Waals surface area (Å²) in [4.78, 5) is 24.4. The Kier molecular flexibility index (Phi) is 6.40. The van der Waals surface area contributed by atoms with Crippen LogP contribution in [0.25, 0.3) is 0 Å². The van der Waals surface area contributed by atoms with Crippen molar-refractivity contribution in [3.63, 3.8) is 0 Å². The molecule has 1 amide bonds. The average molecular weight is 332 g/mol. The first-order valence-corrected chi connectivity index (χ1v) is 8.39. The summed E-state index contributed by atoms with van der Waals surface area (Å²) in [6.07, 6.45) is 2.83. The fourth-order valence-corrected chi connectivity index (χ4v) is 2.51. The molecule has 1 fully saturated rings. The summed E-state index contributed by atoms with van der Waals surface area (Å²) in [5.41, 5.74) is 0. The van der Waals surface area contributed by atoms with E-state index in [1.165, 1.54) is 0 Å². The molecule has 0 spiro atoms. The zero-order valence-electron chi connectivity index (χ0n) is 15.0. The Bertz CT molecular complexity index is 557. The molecule has 1 aliphatic rings. The first-order chi connectivity index (χ1) is 11.5. The third kappa shape index (κ3) is 5.40. The second-order valence-electron chi connectivity index (χ2n) is 6.52. The molecule has 0 aromatic carbocycles. The van der Waals surface area contributed by atoms with Gasteiger partial charge >= 0.3 is 0 Å². The first-order valence-electron chi connectivity index (χ1n) is 8.39. The van der Waals surface area contributed by atoms with E-state index < -0.39 is 0 Å². The monoisotopic (exact) mass is 332 g/mol. The maximum atomic E-state index is 11.8. The van der Waals surface area contributed by atoms with Crippen LogP contribution in [0.5, 0.6) is 0 Å². The molecule has 0 radical (unpaired) electrons. The van der Waals surface area contributed by atoms with E-state index in [2.05, 4.69) is 39.4 Å². The van der Waals surface area contributed by atoms with E-state index >= 15 is 0 Å². The van der Waals surface area contributed by atoms with Crippen molar-refractivity contribution >= 4 is 17.7 Å². The normalized spacial score (nSPS) is 18.0. The van der Waals surface area contributed by atoms with Crippen LogP contribution in [0.4, 0.5) is 5.82 Å². The van der Waals surface area contributed by atoms with E-state index in [1.54, 1.807) is 19.0 Å². The molecule has 7 heteroatoms. The van der Waals surface area contributed by atoms with Crippen LogP contribution < -0.4 is 15.5 Å². The largest absolute Gasteiger partial charge is 0.354 e. The van der Waals surface area contributed by atoms with Gasteiger partial charge in [-0.15, -0.1) is 0 Å². The molecule has 1 aromatic rings. The summed E-state index contributed by atoms with van der Waals surface area (Å²) < 4.78 is 0. The number of guanidine groups is 1. The molecule has 2 heterocycles. The zero-order valence-corrected chi connectivity index (χ0v) is 15.0. The summed E-state index contributed by atoms with van der Waals surface area (Å²) in [5, 5.41) is 6.73. The Morgan fingerprint density at radius 3 is 2.88 bits per heavy atom. The van der Waals surface area contributed by atoms with Crippen LogP contribution in [0.3, 0.4) is 0 Å². The van der Waals surface area contributed by atoms with Gasteiger partial charge in [-0.1, -0.05) is 6.07 Å². The van der Waals surface area contributed by atoms with Crippen molar-refractivity contribution in [2.24, 2.45) is 4.99 Å². The third-order valence-electron chi connectivity index (χ3n) is 3.80. The van der Waals surface area contributed by atoms with Crippen molar-refractivity contribution in [1.29, 1.82) is 0 Å². The van der Waals surface area contributed by atoms with E-state index in [4.69, 9.17) is 0 Å². The molecule has 0 aliphatic carbocycles. The number of aromatic nitrogens is 1. The number of carbonyl (C=O) groups is 1. The van der Waals surface area contributed by atoms with Crippen LogP contribution in [0.2, 0.25) is 0 Å². The van der Waals surface area contributed by atoms with Crippen molar-refractivity contribution in [1.82, 2.24) is 20.5 Å². The van der Waals surface area contributed by atoms with Crippen molar-refractivity contribution in [3.8, 4) is 0 Å². The number of nitrogens with one attached hydrogen (secondary N) is 2. The van der Waals surface area contributed by atoms with Gasteiger partial charge in [0.15, 0.2) is 5.96 Å². The molecule has 2 N–H and O–H groups in total. The topological polar surface area (TPSA) is 72.9 Å². The molecule has 0 bridgehead atoms. The van der Waals surface area contributed by atoms with Crippen molar-refractivity contribution in [2.45, 2.75) is 32.4 Å². The van der Waals surface area contributed by atoms with Gasteiger partial charge in [-0.3, -0.25) is 4.79 Å². The summed E-state index contributed by atoms with van der Waals surface area (Å²) in [6, 6.07) is 6.49. The van der Waals surface area contributed by atoms with Crippen molar-refractivity contribution in [2.75, 3.05) is 38.6 Å². The molecule has 1 aliphatic heterocycles. The van der Waals surface area contributed by atoms with Crippen LogP contribution in [0.15, 0.2) is 29.4 Å². The minimum atomic E-state index is -0.0126. The number of hydrogen-bond donors (Lipinski definition) is 2. The number of pyridine rings is 1. The Morgan fingerprint density at radius 1 is 1.46 bits per heavy atom. The van der Waals surface area contributed by atoms with Gasteiger partial charge in [-0.2, -0.15) is 0 Å². The summed E-state index contributed by atoms with van der Waals surface area (Å²) in [7, 11) is 3.48. The van der Waals surface area contributed by atoms with Crippen LogP contribution in [-0.2, 0) is 4.79 Å². The molecule has 24 heavy (non-hydrogen) atoms. The number of anilines is 1. The van der Waals surface area contributed by atoms with E-state index in [0.29, 0.717) is 5.96 Å². The Morgan fingerprint density at radius 2 is 2.25 bits per heavy atom. The molecule has 1 aromatic heterocycles. The smallest absolute Gasteiger partial charge is 0.243 e. The number of aliphatic imine (C=N–C) groups is 1. The van der Waals surface area contributed by atoms with Gasteiger partial charge in [0.05, 0.1) is 0 Å². The number of carbonyl (C=O) groups excluding carboxylic acids is 1.